The average Bonchev–Trinajstić information content (AvgIpc) is 3.36. The van der Waals surface area contributed by atoms with Crippen molar-refractivity contribution in [2.45, 2.75) is 26.2 Å². The highest BCUT2D eigenvalue weighted by molar-refractivity contribution is 7.22. The second-order valence-electron chi connectivity index (χ2n) is 6.83. The van der Waals surface area contributed by atoms with Crippen LogP contribution in [0.4, 0.5) is 13.2 Å². The molecule has 166 valence electrons. The van der Waals surface area contributed by atoms with Crippen molar-refractivity contribution in [2.75, 3.05) is 0 Å². The lowest BCUT2D eigenvalue weighted by atomic mass is 10.2. The van der Waals surface area contributed by atoms with E-state index in [1.165, 1.54) is 0 Å². The number of aryl methyl sites for hydroxylation is 1. The first-order chi connectivity index (χ1) is 15.2. The minimum Gasteiger partial charge on any atom is -0.323 e. The number of aromatic nitrogens is 4. The van der Waals surface area contributed by atoms with E-state index in [2.05, 4.69) is 25.3 Å². The number of H-pyrrole nitrogens is 1. The first kappa shape index (κ1) is 21.7. The standard InChI is InChI=1S/C20H16F3N5O3S/c1-11-13(9-25-27-11)15-7-14-17(32-15)18(29)28(31-19(30)20(21,22)23)16(26-14)10-24-8-12-5-3-2-4-6-12/h2-7,9,24H,8,10H2,1H3,(H,25,27). The zero-order valence-electron chi connectivity index (χ0n) is 16.6. The molecular formula is C20H16F3N5O3S. The van der Waals surface area contributed by atoms with Crippen LogP contribution in [0.2, 0.25) is 0 Å². The monoisotopic (exact) mass is 463 g/mol. The quantitative estimate of drug-likeness (QED) is 0.456. The Hall–Kier alpha value is -3.51. The molecule has 0 unspecified atom stereocenters. The number of nitrogens with one attached hydrogen (secondary N) is 2. The Morgan fingerprint density at radius 3 is 2.66 bits per heavy atom. The minimum atomic E-state index is -5.27. The molecule has 0 amide bonds. The van der Waals surface area contributed by atoms with E-state index in [1.807, 2.05) is 30.3 Å². The number of nitrogens with zero attached hydrogens (tertiary/aromatic N) is 3. The van der Waals surface area contributed by atoms with Gasteiger partial charge in [0.05, 0.1) is 18.3 Å². The maximum Gasteiger partial charge on any atom is 0.493 e. The third-order valence-corrected chi connectivity index (χ3v) is 5.68. The van der Waals surface area contributed by atoms with Gasteiger partial charge in [-0.25, -0.2) is 9.78 Å². The summed E-state index contributed by atoms with van der Waals surface area (Å²) < 4.78 is 38.7. The van der Waals surface area contributed by atoms with Gasteiger partial charge in [-0.1, -0.05) is 30.3 Å². The molecule has 0 saturated carbocycles. The first-order valence-electron chi connectivity index (χ1n) is 9.34. The summed E-state index contributed by atoms with van der Waals surface area (Å²) in [6.45, 7) is 2.05. The molecule has 3 aromatic heterocycles. The molecule has 0 aliphatic rings. The van der Waals surface area contributed by atoms with Crippen LogP contribution in [0.25, 0.3) is 20.7 Å². The van der Waals surface area contributed by atoms with E-state index in [0.717, 1.165) is 28.2 Å². The molecule has 0 fully saturated rings. The van der Waals surface area contributed by atoms with Crippen molar-refractivity contribution in [3.63, 3.8) is 0 Å². The van der Waals surface area contributed by atoms with E-state index in [-0.39, 0.29) is 22.6 Å². The fourth-order valence-corrected chi connectivity index (χ4v) is 4.08. The van der Waals surface area contributed by atoms with Crippen LogP contribution >= 0.6 is 11.3 Å². The second kappa shape index (κ2) is 8.55. The van der Waals surface area contributed by atoms with Crippen LogP contribution < -0.4 is 15.7 Å². The van der Waals surface area contributed by atoms with Crippen molar-refractivity contribution >= 4 is 27.5 Å². The van der Waals surface area contributed by atoms with Crippen molar-refractivity contribution in [1.82, 2.24) is 25.2 Å². The number of halogens is 3. The van der Waals surface area contributed by atoms with E-state index < -0.39 is 17.7 Å². The highest BCUT2D eigenvalue weighted by Gasteiger charge is 2.42. The molecule has 0 aliphatic carbocycles. The number of fused-ring (bicyclic) bond motifs is 1. The molecule has 1 aromatic carbocycles. The van der Waals surface area contributed by atoms with Gasteiger partial charge in [0.15, 0.2) is 5.82 Å². The Bertz CT molecular complexity index is 1330. The number of hydrogen-bond donors (Lipinski definition) is 2. The maximum atomic E-state index is 13.0. The van der Waals surface area contributed by atoms with Crippen LogP contribution in [-0.4, -0.2) is 32.1 Å². The third-order valence-electron chi connectivity index (χ3n) is 4.53. The normalized spacial score (nSPS) is 11.8. The molecule has 32 heavy (non-hydrogen) atoms. The number of carbonyl (C=O) groups is 1. The zero-order valence-corrected chi connectivity index (χ0v) is 17.4. The molecule has 0 aliphatic heterocycles. The number of aromatic amines is 1. The molecule has 0 radical (unpaired) electrons. The fourth-order valence-electron chi connectivity index (χ4n) is 3.00. The Morgan fingerprint density at radius 1 is 1.25 bits per heavy atom. The Morgan fingerprint density at radius 2 is 2.00 bits per heavy atom. The van der Waals surface area contributed by atoms with Gasteiger partial charge in [-0.3, -0.25) is 9.89 Å². The molecule has 0 bridgehead atoms. The van der Waals surface area contributed by atoms with E-state index in [0.29, 0.717) is 16.2 Å². The van der Waals surface area contributed by atoms with Crippen molar-refractivity contribution in [2.24, 2.45) is 0 Å². The predicted octanol–water partition coefficient (Wildman–Crippen LogP) is 2.96. The van der Waals surface area contributed by atoms with Crippen LogP contribution in [0.15, 0.2) is 47.4 Å². The second-order valence-corrected chi connectivity index (χ2v) is 7.88. The highest BCUT2D eigenvalue weighted by Crippen LogP contribution is 2.32. The van der Waals surface area contributed by atoms with Crippen LogP contribution in [0.5, 0.6) is 0 Å². The first-order valence-corrected chi connectivity index (χ1v) is 10.2. The lowest BCUT2D eigenvalue weighted by Gasteiger charge is -2.13. The van der Waals surface area contributed by atoms with Gasteiger partial charge < -0.3 is 10.2 Å². The predicted molar refractivity (Wildman–Crippen MR) is 111 cm³/mol. The number of hydrogen-bond acceptors (Lipinski definition) is 7. The fraction of sp³-hybridized carbons (Fsp3) is 0.200. The molecular weight excluding hydrogens is 447 g/mol. The Balaban J connectivity index is 1.72. The number of benzene rings is 1. The molecule has 4 aromatic rings. The van der Waals surface area contributed by atoms with Gasteiger partial charge in [0.2, 0.25) is 0 Å². The third kappa shape index (κ3) is 4.41. The largest absolute Gasteiger partial charge is 0.493 e. The summed E-state index contributed by atoms with van der Waals surface area (Å²) >= 11 is 1.03. The molecule has 0 spiro atoms. The number of alkyl halides is 3. The smallest absolute Gasteiger partial charge is 0.323 e. The number of rotatable bonds is 6. The Kier molecular flexibility index (Phi) is 5.80. The van der Waals surface area contributed by atoms with Crippen molar-refractivity contribution < 1.29 is 22.8 Å². The van der Waals surface area contributed by atoms with Gasteiger partial charge in [-0.05, 0) is 18.6 Å². The van der Waals surface area contributed by atoms with Crippen molar-refractivity contribution in [3.05, 3.63) is 70.0 Å². The summed E-state index contributed by atoms with van der Waals surface area (Å²) in [5.74, 6) is -2.67. The van der Waals surface area contributed by atoms with Gasteiger partial charge in [0.1, 0.15) is 4.70 Å². The average molecular weight is 463 g/mol. The summed E-state index contributed by atoms with van der Waals surface area (Å²) in [5, 5.41) is 9.72. The molecule has 12 heteroatoms. The van der Waals surface area contributed by atoms with Crippen LogP contribution in [0.3, 0.4) is 0 Å². The summed E-state index contributed by atoms with van der Waals surface area (Å²) in [5.41, 5.74) is 1.79. The lowest BCUT2D eigenvalue weighted by Crippen LogP contribution is -2.41. The Labute approximate surface area is 182 Å². The minimum absolute atomic E-state index is 0.0578. The highest BCUT2D eigenvalue weighted by atomic mass is 32.1. The van der Waals surface area contributed by atoms with E-state index in [1.54, 1.807) is 19.2 Å². The molecule has 2 N–H and O–H groups in total. The van der Waals surface area contributed by atoms with Crippen LogP contribution in [0.1, 0.15) is 17.1 Å². The van der Waals surface area contributed by atoms with Crippen molar-refractivity contribution in [1.29, 1.82) is 0 Å². The molecule has 0 saturated heterocycles. The number of thiophene rings is 1. The van der Waals surface area contributed by atoms with Gasteiger partial charge in [-0.15, -0.1) is 16.1 Å². The molecule has 0 atom stereocenters. The summed E-state index contributed by atoms with van der Waals surface area (Å²) in [4.78, 5) is 33.7. The topological polar surface area (TPSA) is 102 Å². The van der Waals surface area contributed by atoms with Gasteiger partial charge in [0.25, 0.3) is 0 Å². The summed E-state index contributed by atoms with van der Waals surface area (Å²) in [6.07, 6.45) is -3.69. The summed E-state index contributed by atoms with van der Waals surface area (Å²) in [7, 11) is 0. The van der Waals surface area contributed by atoms with Crippen LogP contribution in [-0.2, 0) is 17.9 Å². The van der Waals surface area contributed by atoms with Crippen LogP contribution in [0, 0.1) is 6.92 Å². The maximum absolute atomic E-state index is 13.0. The van der Waals surface area contributed by atoms with Gasteiger partial charge in [-0.2, -0.15) is 18.3 Å². The van der Waals surface area contributed by atoms with Gasteiger partial charge >= 0.3 is 17.7 Å². The lowest BCUT2D eigenvalue weighted by molar-refractivity contribution is -0.200. The van der Waals surface area contributed by atoms with Gasteiger partial charge in [0, 0.05) is 22.7 Å². The SMILES string of the molecule is Cc1[nH]ncc1-c1cc2nc(CNCc3ccccc3)n(OC(=O)C(F)(F)F)c(=O)c2s1. The summed E-state index contributed by atoms with van der Waals surface area (Å²) in [6, 6.07) is 10.9. The van der Waals surface area contributed by atoms with E-state index >= 15 is 0 Å². The van der Waals surface area contributed by atoms with E-state index in [9.17, 15) is 22.8 Å². The van der Waals surface area contributed by atoms with Crippen molar-refractivity contribution in [3.8, 4) is 10.4 Å². The molecule has 4 rings (SSSR count). The zero-order chi connectivity index (χ0) is 22.9. The number of carbonyl (C=O) groups excluding carboxylic acids is 1. The molecule has 3 heterocycles. The molecule has 8 nitrogen and oxygen atoms in total. The van der Waals surface area contributed by atoms with E-state index in [4.69, 9.17) is 0 Å².